The van der Waals surface area contributed by atoms with Crippen molar-refractivity contribution in [1.29, 1.82) is 0 Å². The second kappa shape index (κ2) is 15.8. The number of hydrogen-bond acceptors (Lipinski definition) is 11. The molecule has 0 bridgehead atoms. The molecule has 0 spiro atoms. The summed E-state index contributed by atoms with van der Waals surface area (Å²) in [4.78, 5) is 65.2. The Morgan fingerprint density at radius 1 is 0.882 bits per heavy atom. The maximum absolute atomic E-state index is 13.1. The third-order valence-electron chi connectivity index (χ3n) is 7.59. The number of nitrogens with zero attached hydrogens (tertiary/aromatic N) is 3. The molecule has 13 nitrogen and oxygen atoms in total. The lowest BCUT2D eigenvalue weighted by Crippen LogP contribution is -2.36. The number of rotatable bonds is 12. The molecular formula is C37H35ClN4O9. The van der Waals surface area contributed by atoms with Crippen molar-refractivity contribution in [2.24, 2.45) is 0 Å². The highest BCUT2D eigenvalue weighted by molar-refractivity contribution is 6.30. The number of aromatic nitrogens is 2. The number of benzene rings is 3. The van der Waals surface area contributed by atoms with Gasteiger partial charge < -0.3 is 24.3 Å². The number of imide groups is 1. The maximum Gasteiger partial charge on any atom is 0.408 e. The highest BCUT2D eigenvalue weighted by Gasteiger charge is 2.35. The molecule has 0 fully saturated rings. The van der Waals surface area contributed by atoms with Crippen LogP contribution >= 0.6 is 11.6 Å². The number of esters is 2. The van der Waals surface area contributed by atoms with E-state index in [-0.39, 0.29) is 53.9 Å². The first-order valence-electron chi connectivity index (χ1n) is 15.9. The van der Waals surface area contributed by atoms with E-state index in [4.69, 9.17) is 30.5 Å². The highest BCUT2D eigenvalue weighted by Crippen LogP contribution is 2.34. The molecule has 0 radical (unpaired) electrons. The standard InChI is InChI=1S/C37H35ClN4O9/c1-37(2,3)51-36(47)39-28(20-31(43)50-21-22-10-6-5-7-11-22)27-19-29(40-41-32(27)38)26-15-14-23(35(46)48-4)18-30(26)49-17-16-42-33(44)24-12-8-9-13-25(24)34(42)45/h5-15,18-19,28H,16-17,20-21H2,1-4H3,(H,39,47). The van der Waals surface area contributed by atoms with Crippen LogP contribution in [-0.2, 0) is 25.6 Å². The normalized spacial score (nSPS) is 12.9. The summed E-state index contributed by atoms with van der Waals surface area (Å²) in [6.45, 7) is 4.89. The van der Waals surface area contributed by atoms with Gasteiger partial charge in [0.2, 0.25) is 0 Å². The lowest BCUT2D eigenvalue weighted by molar-refractivity contribution is -0.145. The molecule has 5 rings (SSSR count). The molecule has 1 atom stereocenters. The summed E-state index contributed by atoms with van der Waals surface area (Å²) in [6.07, 6.45) is -1.14. The molecule has 0 saturated carbocycles. The quantitative estimate of drug-likeness (QED) is 0.105. The molecular weight excluding hydrogens is 680 g/mol. The number of alkyl carbamates (subject to hydrolysis) is 1. The topological polar surface area (TPSA) is 163 Å². The molecule has 1 aliphatic rings. The van der Waals surface area contributed by atoms with Gasteiger partial charge >= 0.3 is 18.0 Å². The fourth-order valence-corrected chi connectivity index (χ4v) is 5.43. The van der Waals surface area contributed by atoms with E-state index in [0.29, 0.717) is 16.7 Å². The Labute approximate surface area is 298 Å². The van der Waals surface area contributed by atoms with Crippen LogP contribution in [0.25, 0.3) is 11.3 Å². The Morgan fingerprint density at radius 2 is 1.55 bits per heavy atom. The predicted molar refractivity (Wildman–Crippen MR) is 184 cm³/mol. The summed E-state index contributed by atoms with van der Waals surface area (Å²) in [5.41, 5.74) is 1.47. The highest BCUT2D eigenvalue weighted by atomic mass is 35.5. The van der Waals surface area contributed by atoms with Crippen LogP contribution in [0.2, 0.25) is 5.15 Å². The van der Waals surface area contributed by atoms with Crippen LogP contribution in [0.4, 0.5) is 4.79 Å². The number of fused-ring (bicyclic) bond motifs is 1. The number of halogens is 1. The van der Waals surface area contributed by atoms with E-state index in [1.165, 1.54) is 25.3 Å². The molecule has 51 heavy (non-hydrogen) atoms. The Morgan fingerprint density at radius 3 is 2.20 bits per heavy atom. The van der Waals surface area contributed by atoms with E-state index < -0.39 is 41.5 Å². The van der Waals surface area contributed by atoms with Gasteiger partial charge in [-0.15, -0.1) is 10.2 Å². The van der Waals surface area contributed by atoms with E-state index in [1.807, 2.05) is 30.3 Å². The van der Waals surface area contributed by atoms with Crippen LogP contribution < -0.4 is 10.1 Å². The smallest absolute Gasteiger partial charge is 0.408 e. The van der Waals surface area contributed by atoms with Gasteiger partial charge in [-0.1, -0.05) is 54.1 Å². The molecule has 3 aromatic carbocycles. The molecule has 1 aliphatic heterocycles. The summed E-state index contributed by atoms with van der Waals surface area (Å²) >= 11 is 6.52. The van der Waals surface area contributed by atoms with E-state index in [1.54, 1.807) is 51.1 Å². The average Bonchev–Trinajstić information content (AvgIpc) is 3.35. The molecule has 3 amide bonds. The van der Waals surface area contributed by atoms with Crippen molar-refractivity contribution in [3.63, 3.8) is 0 Å². The maximum atomic E-state index is 13.1. The van der Waals surface area contributed by atoms with Crippen molar-refractivity contribution in [3.8, 4) is 17.0 Å². The Hall–Kier alpha value is -5.82. The fraction of sp³-hybridized carbons (Fsp3) is 0.270. The Kier molecular flexibility index (Phi) is 11.3. The second-order valence-electron chi connectivity index (χ2n) is 12.4. The molecule has 1 aromatic heterocycles. The first kappa shape index (κ1) is 36.5. The fourth-order valence-electron chi connectivity index (χ4n) is 5.21. The number of nitrogens with one attached hydrogen (secondary N) is 1. The van der Waals surface area contributed by atoms with Crippen molar-refractivity contribution >= 4 is 41.4 Å². The van der Waals surface area contributed by atoms with Crippen LogP contribution in [0, 0.1) is 0 Å². The molecule has 4 aromatic rings. The molecule has 0 saturated heterocycles. The Balaban J connectivity index is 1.42. The van der Waals surface area contributed by atoms with Gasteiger partial charge in [0.25, 0.3) is 11.8 Å². The average molecular weight is 715 g/mol. The molecule has 1 N–H and O–H groups in total. The number of methoxy groups -OCH3 is 1. The van der Waals surface area contributed by atoms with Crippen LogP contribution in [-0.4, -0.2) is 70.8 Å². The number of carbonyl (C=O) groups excluding carboxylic acids is 5. The number of ether oxygens (including phenoxy) is 4. The van der Waals surface area contributed by atoms with E-state index >= 15 is 0 Å². The van der Waals surface area contributed by atoms with Crippen molar-refractivity contribution in [2.45, 2.75) is 45.4 Å². The van der Waals surface area contributed by atoms with Crippen LogP contribution in [0.15, 0.2) is 78.9 Å². The number of hydrogen-bond donors (Lipinski definition) is 1. The zero-order valence-corrected chi connectivity index (χ0v) is 29.1. The number of carbonyl (C=O) groups is 5. The molecule has 1 unspecified atom stereocenters. The van der Waals surface area contributed by atoms with Crippen molar-refractivity contribution in [1.82, 2.24) is 20.4 Å². The van der Waals surface area contributed by atoms with Gasteiger partial charge in [0.1, 0.15) is 24.6 Å². The first-order valence-corrected chi connectivity index (χ1v) is 16.3. The van der Waals surface area contributed by atoms with Crippen molar-refractivity contribution < 1.29 is 42.9 Å². The Bertz CT molecular complexity index is 1930. The van der Waals surface area contributed by atoms with Crippen LogP contribution in [0.3, 0.4) is 0 Å². The van der Waals surface area contributed by atoms with Gasteiger partial charge in [0, 0.05) is 11.1 Å². The minimum atomic E-state index is -1.06. The minimum Gasteiger partial charge on any atom is -0.491 e. The van der Waals surface area contributed by atoms with Gasteiger partial charge in [-0.25, -0.2) is 9.59 Å². The molecule has 2 heterocycles. The summed E-state index contributed by atoms with van der Waals surface area (Å²) in [5, 5.41) is 10.9. The van der Waals surface area contributed by atoms with Crippen LogP contribution in [0.1, 0.15) is 75.4 Å². The van der Waals surface area contributed by atoms with Crippen molar-refractivity contribution in [3.05, 3.63) is 112 Å². The van der Waals surface area contributed by atoms with Crippen molar-refractivity contribution in [2.75, 3.05) is 20.3 Å². The SMILES string of the molecule is COC(=O)c1ccc(-c2cc(C(CC(=O)OCc3ccccc3)NC(=O)OC(C)(C)C)c(Cl)nn2)c(OCCN2C(=O)c3ccccc3C2=O)c1. The number of amides is 3. The molecule has 14 heteroatoms. The zero-order chi connectivity index (χ0) is 36.7. The summed E-state index contributed by atoms with van der Waals surface area (Å²) in [5.74, 6) is -2.00. The minimum absolute atomic E-state index is 0.0142. The van der Waals surface area contributed by atoms with Crippen LogP contribution in [0.5, 0.6) is 5.75 Å². The molecule has 0 aliphatic carbocycles. The van der Waals surface area contributed by atoms with E-state index in [2.05, 4.69) is 15.5 Å². The van der Waals surface area contributed by atoms with E-state index in [9.17, 15) is 24.0 Å². The largest absolute Gasteiger partial charge is 0.491 e. The summed E-state index contributed by atoms with van der Waals surface area (Å²) < 4.78 is 21.9. The zero-order valence-electron chi connectivity index (χ0n) is 28.3. The third-order valence-corrected chi connectivity index (χ3v) is 7.88. The predicted octanol–water partition coefficient (Wildman–Crippen LogP) is 5.96. The lowest BCUT2D eigenvalue weighted by atomic mass is 10.0. The van der Waals surface area contributed by atoms with Gasteiger partial charge in [-0.3, -0.25) is 19.3 Å². The lowest BCUT2D eigenvalue weighted by Gasteiger charge is -2.24. The first-order chi connectivity index (χ1) is 24.3. The van der Waals surface area contributed by atoms with Gasteiger partial charge in [-0.05, 0) is 62.7 Å². The second-order valence-corrected chi connectivity index (χ2v) is 12.7. The van der Waals surface area contributed by atoms with Gasteiger partial charge in [0.05, 0.1) is 48.5 Å². The summed E-state index contributed by atoms with van der Waals surface area (Å²) in [7, 11) is 1.23. The van der Waals surface area contributed by atoms with Gasteiger partial charge in [0.15, 0.2) is 5.15 Å². The summed E-state index contributed by atoms with van der Waals surface area (Å²) in [6, 6.07) is 20.6. The van der Waals surface area contributed by atoms with E-state index in [0.717, 1.165) is 10.5 Å². The van der Waals surface area contributed by atoms with Gasteiger partial charge in [-0.2, -0.15) is 0 Å². The third kappa shape index (κ3) is 9.05. The molecule has 264 valence electrons. The monoisotopic (exact) mass is 714 g/mol.